The maximum atomic E-state index is 5.36. The van der Waals surface area contributed by atoms with Crippen LogP contribution < -0.4 is 5.32 Å². The van der Waals surface area contributed by atoms with Crippen LogP contribution in [0.3, 0.4) is 0 Å². The van der Waals surface area contributed by atoms with Crippen LogP contribution in [0.15, 0.2) is 0 Å². The second-order valence-corrected chi connectivity index (χ2v) is 6.16. The highest BCUT2D eigenvalue weighted by molar-refractivity contribution is 5.24. The second-order valence-electron chi connectivity index (χ2n) is 6.16. The van der Waals surface area contributed by atoms with Crippen molar-refractivity contribution < 1.29 is 4.74 Å². The third-order valence-electron chi connectivity index (χ3n) is 3.17. The van der Waals surface area contributed by atoms with Gasteiger partial charge in [-0.15, -0.1) is 0 Å². The second kappa shape index (κ2) is 7.70. The standard InChI is InChI=1S/C16H29N3O/c1-7-20-11-9-15-18-12(2)14(13(3)19-15)8-10-17-16(4,5)6/h17H,7-11H2,1-6H3. The summed E-state index contributed by atoms with van der Waals surface area (Å²) in [7, 11) is 0. The molecule has 4 heteroatoms. The molecule has 0 amide bonds. The molecule has 0 aliphatic rings. The molecule has 0 fully saturated rings. The van der Waals surface area contributed by atoms with E-state index in [0.717, 1.165) is 43.2 Å². The van der Waals surface area contributed by atoms with Gasteiger partial charge in [0.1, 0.15) is 5.82 Å². The zero-order chi connectivity index (χ0) is 15.2. The van der Waals surface area contributed by atoms with Gasteiger partial charge in [0.05, 0.1) is 6.61 Å². The van der Waals surface area contributed by atoms with Gasteiger partial charge < -0.3 is 10.1 Å². The Morgan fingerprint density at radius 2 is 1.65 bits per heavy atom. The Balaban J connectivity index is 2.64. The molecule has 0 unspecified atom stereocenters. The first-order chi connectivity index (χ1) is 9.33. The summed E-state index contributed by atoms with van der Waals surface area (Å²) < 4.78 is 5.36. The van der Waals surface area contributed by atoms with E-state index in [1.54, 1.807) is 0 Å². The molecule has 1 rings (SSSR count). The number of nitrogens with zero attached hydrogens (tertiary/aromatic N) is 2. The molecule has 4 nitrogen and oxygen atoms in total. The molecule has 0 saturated carbocycles. The summed E-state index contributed by atoms with van der Waals surface area (Å²) in [5.41, 5.74) is 3.61. The van der Waals surface area contributed by atoms with Crippen LogP contribution in [0.1, 0.15) is 50.5 Å². The van der Waals surface area contributed by atoms with Crippen molar-refractivity contribution in [3.63, 3.8) is 0 Å². The fourth-order valence-electron chi connectivity index (χ4n) is 2.15. The first kappa shape index (κ1) is 17.1. The molecule has 1 N–H and O–H groups in total. The van der Waals surface area contributed by atoms with E-state index in [4.69, 9.17) is 4.74 Å². The van der Waals surface area contributed by atoms with Gasteiger partial charge in [0.15, 0.2) is 0 Å². The van der Waals surface area contributed by atoms with Crippen LogP contribution in [0.25, 0.3) is 0 Å². The molecule has 0 aromatic carbocycles. The first-order valence-electron chi connectivity index (χ1n) is 7.49. The van der Waals surface area contributed by atoms with Crippen molar-refractivity contribution in [3.8, 4) is 0 Å². The largest absolute Gasteiger partial charge is 0.381 e. The zero-order valence-electron chi connectivity index (χ0n) is 13.8. The minimum atomic E-state index is 0.153. The van der Waals surface area contributed by atoms with E-state index in [9.17, 15) is 0 Å². The number of aromatic nitrogens is 2. The molecule has 1 aromatic rings. The van der Waals surface area contributed by atoms with Gasteiger partial charge in [-0.1, -0.05) is 0 Å². The van der Waals surface area contributed by atoms with Crippen molar-refractivity contribution in [2.45, 2.75) is 59.9 Å². The lowest BCUT2D eigenvalue weighted by Gasteiger charge is -2.21. The third-order valence-corrected chi connectivity index (χ3v) is 3.17. The summed E-state index contributed by atoms with van der Waals surface area (Å²) >= 11 is 0. The molecule has 114 valence electrons. The minimum absolute atomic E-state index is 0.153. The quantitative estimate of drug-likeness (QED) is 0.779. The first-order valence-corrected chi connectivity index (χ1v) is 7.49. The fraction of sp³-hybridized carbons (Fsp3) is 0.750. The van der Waals surface area contributed by atoms with Gasteiger partial charge >= 0.3 is 0 Å². The molecular formula is C16H29N3O. The van der Waals surface area contributed by atoms with E-state index in [1.165, 1.54) is 5.56 Å². The Hall–Kier alpha value is -1.00. The van der Waals surface area contributed by atoms with Crippen molar-refractivity contribution in [3.05, 3.63) is 22.8 Å². The average molecular weight is 279 g/mol. The molecule has 20 heavy (non-hydrogen) atoms. The maximum absolute atomic E-state index is 5.36. The van der Waals surface area contributed by atoms with Crippen molar-refractivity contribution in [2.24, 2.45) is 0 Å². The van der Waals surface area contributed by atoms with E-state index in [-0.39, 0.29) is 5.54 Å². The Morgan fingerprint density at radius 3 is 2.15 bits per heavy atom. The highest BCUT2D eigenvalue weighted by Gasteiger charge is 2.11. The van der Waals surface area contributed by atoms with E-state index in [0.29, 0.717) is 6.61 Å². The van der Waals surface area contributed by atoms with Gasteiger partial charge in [-0.05, 0) is 60.1 Å². The molecule has 1 heterocycles. The van der Waals surface area contributed by atoms with Crippen molar-refractivity contribution in [1.29, 1.82) is 0 Å². The Labute approximate surface area is 123 Å². The van der Waals surface area contributed by atoms with Gasteiger partial charge in [0.25, 0.3) is 0 Å². The number of hydrogen-bond acceptors (Lipinski definition) is 4. The van der Waals surface area contributed by atoms with Crippen LogP contribution in [-0.2, 0) is 17.6 Å². The lowest BCUT2D eigenvalue weighted by atomic mass is 10.1. The van der Waals surface area contributed by atoms with Crippen LogP contribution in [-0.4, -0.2) is 35.3 Å². The van der Waals surface area contributed by atoms with Gasteiger partial charge in [0, 0.05) is 30.0 Å². The average Bonchev–Trinajstić information content (AvgIpc) is 2.32. The Kier molecular flexibility index (Phi) is 6.56. The normalized spacial score (nSPS) is 11.9. The van der Waals surface area contributed by atoms with Gasteiger partial charge in [-0.2, -0.15) is 0 Å². The van der Waals surface area contributed by atoms with Gasteiger partial charge in [0.2, 0.25) is 0 Å². The third kappa shape index (κ3) is 5.97. The maximum Gasteiger partial charge on any atom is 0.131 e. The van der Waals surface area contributed by atoms with Crippen molar-refractivity contribution >= 4 is 0 Å². The van der Waals surface area contributed by atoms with Gasteiger partial charge in [-0.3, -0.25) is 0 Å². The molecule has 1 aromatic heterocycles. The summed E-state index contributed by atoms with van der Waals surface area (Å²) in [6, 6.07) is 0. The lowest BCUT2D eigenvalue weighted by molar-refractivity contribution is 0.149. The number of aryl methyl sites for hydroxylation is 2. The highest BCUT2D eigenvalue weighted by atomic mass is 16.5. The van der Waals surface area contributed by atoms with E-state index < -0.39 is 0 Å². The monoisotopic (exact) mass is 279 g/mol. The zero-order valence-corrected chi connectivity index (χ0v) is 13.8. The van der Waals surface area contributed by atoms with Gasteiger partial charge in [-0.25, -0.2) is 9.97 Å². The Bertz CT molecular complexity index is 401. The topological polar surface area (TPSA) is 47.0 Å². The molecule has 0 radical (unpaired) electrons. The summed E-state index contributed by atoms with van der Waals surface area (Å²) in [6.45, 7) is 15.1. The molecule has 0 bridgehead atoms. The number of nitrogens with one attached hydrogen (secondary N) is 1. The van der Waals surface area contributed by atoms with Crippen molar-refractivity contribution in [1.82, 2.24) is 15.3 Å². The molecule has 0 aliphatic heterocycles. The SMILES string of the molecule is CCOCCc1nc(C)c(CCNC(C)(C)C)c(C)n1. The minimum Gasteiger partial charge on any atom is -0.381 e. The Morgan fingerprint density at radius 1 is 1.05 bits per heavy atom. The van der Waals surface area contributed by atoms with Crippen LogP contribution >= 0.6 is 0 Å². The highest BCUT2D eigenvalue weighted by Crippen LogP contribution is 2.12. The van der Waals surface area contributed by atoms with Crippen LogP contribution in [0.5, 0.6) is 0 Å². The van der Waals surface area contributed by atoms with Crippen LogP contribution in [0.4, 0.5) is 0 Å². The van der Waals surface area contributed by atoms with E-state index >= 15 is 0 Å². The van der Waals surface area contributed by atoms with Crippen LogP contribution in [0.2, 0.25) is 0 Å². The number of hydrogen-bond donors (Lipinski definition) is 1. The molecule has 0 atom stereocenters. The summed E-state index contributed by atoms with van der Waals surface area (Å²) in [4.78, 5) is 9.20. The van der Waals surface area contributed by atoms with Crippen molar-refractivity contribution in [2.75, 3.05) is 19.8 Å². The summed E-state index contributed by atoms with van der Waals surface area (Å²) in [5.74, 6) is 0.890. The number of rotatable bonds is 7. The molecular weight excluding hydrogens is 250 g/mol. The number of ether oxygens (including phenoxy) is 1. The van der Waals surface area contributed by atoms with E-state index in [1.807, 2.05) is 6.92 Å². The lowest BCUT2D eigenvalue weighted by Crippen LogP contribution is -2.37. The van der Waals surface area contributed by atoms with E-state index in [2.05, 4.69) is 49.9 Å². The predicted octanol–water partition coefficient (Wildman–Crippen LogP) is 2.60. The molecule has 0 saturated heterocycles. The summed E-state index contributed by atoms with van der Waals surface area (Å²) in [6.07, 6.45) is 1.76. The molecule has 0 aliphatic carbocycles. The smallest absolute Gasteiger partial charge is 0.131 e. The summed E-state index contributed by atoms with van der Waals surface area (Å²) in [5, 5.41) is 3.51. The van der Waals surface area contributed by atoms with Crippen LogP contribution in [0, 0.1) is 13.8 Å². The molecule has 0 spiro atoms. The predicted molar refractivity (Wildman–Crippen MR) is 83.2 cm³/mol. The fourth-order valence-corrected chi connectivity index (χ4v) is 2.15.